The van der Waals surface area contributed by atoms with Crippen molar-refractivity contribution in [2.45, 2.75) is 26.4 Å². The number of benzene rings is 1. The lowest BCUT2D eigenvalue weighted by Gasteiger charge is -2.11. The third kappa shape index (κ3) is 1.57. The molecular formula is C13H15N3. The van der Waals surface area contributed by atoms with Gasteiger partial charge >= 0.3 is 0 Å². The molecular weight excluding hydrogens is 198 g/mol. The molecule has 16 heavy (non-hydrogen) atoms. The Bertz CT molecular complexity index is 477. The van der Waals surface area contributed by atoms with Gasteiger partial charge < -0.3 is 0 Å². The van der Waals surface area contributed by atoms with Gasteiger partial charge in [-0.15, -0.1) is 0 Å². The summed E-state index contributed by atoms with van der Waals surface area (Å²) < 4.78 is 0. The van der Waals surface area contributed by atoms with Crippen molar-refractivity contribution in [3.05, 3.63) is 35.7 Å². The maximum absolute atomic E-state index is 4.68. The molecule has 0 saturated heterocycles. The molecule has 0 saturated carbocycles. The van der Waals surface area contributed by atoms with Crippen molar-refractivity contribution in [3.63, 3.8) is 0 Å². The molecule has 0 aliphatic carbocycles. The first-order valence-electron chi connectivity index (χ1n) is 5.83. The van der Waals surface area contributed by atoms with E-state index in [2.05, 4.69) is 21.8 Å². The van der Waals surface area contributed by atoms with Crippen molar-refractivity contribution >= 4 is 11.0 Å². The molecule has 3 heteroatoms. The lowest BCUT2D eigenvalue weighted by atomic mass is 10.2. The SMILES string of the molecule is CCCN1Cc2nc3ccccc3nc2C1. The zero-order chi connectivity index (χ0) is 11.0. The summed E-state index contributed by atoms with van der Waals surface area (Å²) in [7, 11) is 0. The molecule has 0 atom stereocenters. The quantitative estimate of drug-likeness (QED) is 0.766. The van der Waals surface area contributed by atoms with E-state index in [1.165, 1.54) is 6.42 Å². The number of rotatable bonds is 2. The first kappa shape index (κ1) is 9.73. The Kier molecular flexibility index (Phi) is 2.33. The van der Waals surface area contributed by atoms with Gasteiger partial charge in [0.25, 0.3) is 0 Å². The molecule has 1 aromatic carbocycles. The summed E-state index contributed by atoms with van der Waals surface area (Å²) in [6, 6.07) is 8.10. The highest BCUT2D eigenvalue weighted by atomic mass is 15.2. The topological polar surface area (TPSA) is 29.0 Å². The predicted octanol–water partition coefficient (Wildman–Crippen LogP) is 2.36. The van der Waals surface area contributed by atoms with Gasteiger partial charge in [0.1, 0.15) is 0 Å². The third-order valence-corrected chi connectivity index (χ3v) is 3.01. The van der Waals surface area contributed by atoms with Gasteiger partial charge in [0.15, 0.2) is 0 Å². The van der Waals surface area contributed by atoms with Gasteiger partial charge in [-0.2, -0.15) is 0 Å². The third-order valence-electron chi connectivity index (χ3n) is 3.01. The molecule has 0 N–H and O–H groups in total. The van der Waals surface area contributed by atoms with E-state index in [9.17, 15) is 0 Å². The summed E-state index contributed by atoms with van der Waals surface area (Å²) in [6.45, 7) is 5.26. The highest BCUT2D eigenvalue weighted by Gasteiger charge is 2.21. The average Bonchev–Trinajstić information content (AvgIpc) is 2.67. The molecule has 0 unspecified atom stereocenters. The molecule has 1 aliphatic heterocycles. The molecule has 0 fully saturated rings. The molecule has 0 spiro atoms. The van der Waals surface area contributed by atoms with E-state index >= 15 is 0 Å². The van der Waals surface area contributed by atoms with Crippen LogP contribution in [0.2, 0.25) is 0 Å². The van der Waals surface area contributed by atoms with E-state index in [0.29, 0.717) is 0 Å². The largest absolute Gasteiger partial charge is 0.292 e. The van der Waals surface area contributed by atoms with Crippen molar-refractivity contribution in [1.29, 1.82) is 0 Å². The zero-order valence-corrected chi connectivity index (χ0v) is 9.48. The summed E-state index contributed by atoms with van der Waals surface area (Å²) >= 11 is 0. The summed E-state index contributed by atoms with van der Waals surface area (Å²) in [6.07, 6.45) is 1.19. The molecule has 3 nitrogen and oxygen atoms in total. The smallest absolute Gasteiger partial charge is 0.0890 e. The maximum atomic E-state index is 4.68. The van der Waals surface area contributed by atoms with Gasteiger partial charge in [-0.25, -0.2) is 9.97 Å². The van der Waals surface area contributed by atoms with E-state index in [1.807, 2.05) is 24.3 Å². The summed E-state index contributed by atoms with van der Waals surface area (Å²) in [5.74, 6) is 0. The average molecular weight is 213 g/mol. The second kappa shape index (κ2) is 3.83. The number of hydrogen-bond acceptors (Lipinski definition) is 3. The Balaban J connectivity index is 2.01. The van der Waals surface area contributed by atoms with Crippen LogP contribution in [0.15, 0.2) is 24.3 Å². The van der Waals surface area contributed by atoms with Gasteiger partial charge in [0.2, 0.25) is 0 Å². The fourth-order valence-electron chi connectivity index (χ4n) is 2.28. The highest BCUT2D eigenvalue weighted by Crippen LogP contribution is 2.21. The van der Waals surface area contributed by atoms with E-state index in [0.717, 1.165) is 42.1 Å². The molecule has 0 bridgehead atoms. The van der Waals surface area contributed by atoms with E-state index in [-0.39, 0.29) is 0 Å². The van der Waals surface area contributed by atoms with Gasteiger partial charge in [-0.3, -0.25) is 4.90 Å². The minimum Gasteiger partial charge on any atom is -0.292 e. The van der Waals surface area contributed by atoms with Crippen LogP contribution in [0.1, 0.15) is 24.7 Å². The van der Waals surface area contributed by atoms with Crippen LogP contribution in [0.25, 0.3) is 11.0 Å². The predicted molar refractivity (Wildman–Crippen MR) is 63.9 cm³/mol. The first-order valence-corrected chi connectivity index (χ1v) is 5.83. The van der Waals surface area contributed by atoms with Crippen molar-refractivity contribution in [1.82, 2.24) is 14.9 Å². The van der Waals surface area contributed by atoms with Crippen LogP contribution in [0.4, 0.5) is 0 Å². The van der Waals surface area contributed by atoms with Gasteiger partial charge in [-0.05, 0) is 25.1 Å². The summed E-state index contributed by atoms with van der Waals surface area (Å²) in [4.78, 5) is 11.8. The lowest BCUT2D eigenvalue weighted by molar-refractivity contribution is 0.282. The van der Waals surface area contributed by atoms with Crippen molar-refractivity contribution < 1.29 is 0 Å². The van der Waals surface area contributed by atoms with Crippen LogP contribution < -0.4 is 0 Å². The Morgan fingerprint density at radius 2 is 1.62 bits per heavy atom. The second-order valence-corrected chi connectivity index (χ2v) is 4.32. The van der Waals surface area contributed by atoms with Gasteiger partial charge in [-0.1, -0.05) is 19.1 Å². The number of fused-ring (bicyclic) bond motifs is 2. The fraction of sp³-hybridized carbons (Fsp3) is 0.385. The van der Waals surface area contributed by atoms with Crippen LogP contribution in [-0.4, -0.2) is 21.4 Å². The number of nitrogens with zero attached hydrogens (tertiary/aromatic N) is 3. The van der Waals surface area contributed by atoms with Crippen LogP contribution in [0.3, 0.4) is 0 Å². The summed E-state index contributed by atoms with van der Waals surface area (Å²) in [5, 5.41) is 0. The molecule has 2 aromatic rings. The Labute approximate surface area is 95.1 Å². The van der Waals surface area contributed by atoms with Crippen molar-refractivity contribution in [2.24, 2.45) is 0 Å². The summed E-state index contributed by atoms with van der Waals surface area (Å²) in [5.41, 5.74) is 4.35. The second-order valence-electron chi connectivity index (χ2n) is 4.32. The van der Waals surface area contributed by atoms with Crippen molar-refractivity contribution in [2.75, 3.05) is 6.54 Å². The Morgan fingerprint density at radius 1 is 1.06 bits per heavy atom. The first-order chi connectivity index (χ1) is 7.86. The Hall–Kier alpha value is -1.48. The number of aromatic nitrogens is 2. The molecule has 2 heterocycles. The number of hydrogen-bond donors (Lipinski definition) is 0. The molecule has 1 aliphatic rings. The Morgan fingerprint density at radius 3 is 2.12 bits per heavy atom. The lowest BCUT2D eigenvalue weighted by Crippen LogP contribution is -2.16. The maximum Gasteiger partial charge on any atom is 0.0890 e. The van der Waals surface area contributed by atoms with Crippen molar-refractivity contribution in [3.8, 4) is 0 Å². The minimum absolute atomic E-state index is 0.959. The van der Waals surface area contributed by atoms with Crippen LogP contribution in [0.5, 0.6) is 0 Å². The van der Waals surface area contributed by atoms with E-state index in [4.69, 9.17) is 0 Å². The van der Waals surface area contributed by atoms with Gasteiger partial charge in [0.05, 0.1) is 22.4 Å². The normalized spacial score (nSPS) is 15.6. The number of para-hydroxylation sites is 2. The van der Waals surface area contributed by atoms with Crippen LogP contribution >= 0.6 is 0 Å². The van der Waals surface area contributed by atoms with Gasteiger partial charge in [0, 0.05) is 13.1 Å². The molecule has 82 valence electrons. The monoisotopic (exact) mass is 213 g/mol. The standard InChI is InChI=1S/C13H15N3/c1-2-7-16-8-12-13(9-16)15-11-6-4-3-5-10(11)14-12/h3-6H,2,7-9H2,1H3. The van der Waals surface area contributed by atoms with E-state index < -0.39 is 0 Å². The van der Waals surface area contributed by atoms with Crippen LogP contribution in [0, 0.1) is 0 Å². The molecule has 0 amide bonds. The molecule has 3 rings (SSSR count). The zero-order valence-electron chi connectivity index (χ0n) is 9.48. The highest BCUT2D eigenvalue weighted by molar-refractivity contribution is 5.74. The molecule has 0 radical (unpaired) electrons. The van der Waals surface area contributed by atoms with E-state index in [1.54, 1.807) is 0 Å². The molecule has 1 aromatic heterocycles. The van der Waals surface area contributed by atoms with Crippen LogP contribution in [-0.2, 0) is 13.1 Å². The minimum atomic E-state index is 0.959. The fourth-order valence-corrected chi connectivity index (χ4v) is 2.28.